The third kappa shape index (κ3) is 3.61. The summed E-state index contributed by atoms with van der Waals surface area (Å²) >= 11 is 3.45. The van der Waals surface area contributed by atoms with Crippen molar-refractivity contribution < 1.29 is 14.6 Å². The molecule has 0 heterocycles. The Bertz CT molecular complexity index is 362. The van der Waals surface area contributed by atoms with Crippen LogP contribution >= 0.6 is 15.9 Å². The molecule has 3 nitrogen and oxygen atoms in total. The van der Waals surface area contributed by atoms with Crippen molar-refractivity contribution in [1.82, 2.24) is 0 Å². The molecule has 0 unspecified atom stereocenters. The number of hydrogen-bond acceptors (Lipinski definition) is 3. The maximum atomic E-state index is 9.13. The van der Waals surface area contributed by atoms with Gasteiger partial charge in [-0.05, 0) is 46.5 Å². The molecule has 0 aliphatic carbocycles. The summed E-state index contributed by atoms with van der Waals surface area (Å²) in [6.07, 6.45) is 2.09. The lowest BCUT2D eigenvalue weighted by atomic mass is 10.2. The average Bonchev–Trinajstić information content (AvgIpc) is 2.36. The molecular weight excluding hydrogens is 284 g/mol. The van der Waals surface area contributed by atoms with Crippen molar-refractivity contribution in [2.24, 2.45) is 0 Å². The minimum Gasteiger partial charge on any atom is -0.493 e. The van der Waals surface area contributed by atoms with E-state index in [4.69, 9.17) is 14.6 Å². The van der Waals surface area contributed by atoms with E-state index in [2.05, 4.69) is 29.8 Å². The Hall–Kier alpha value is -0.740. The fourth-order valence-corrected chi connectivity index (χ4v) is 2.18. The topological polar surface area (TPSA) is 38.7 Å². The van der Waals surface area contributed by atoms with Crippen molar-refractivity contribution >= 4 is 15.9 Å². The van der Waals surface area contributed by atoms with E-state index in [-0.39, 0.29) is 12.7 Å². The number of halogens is 1. The second-order valence-corrected chi connectivity index (χ2v) is 4.68. The van der Waals surface area contributed by atoms with Crippen LogP contribution in [0.3, 0.4) is 0 Å². The summed E-state index contributed by atoms with van der Waals surface area (Å²) in [6, 6.07) is 3.64. The van der Waals surface area contributed by atoms with E-state index in [0.717, 1.165) is 22.9 Å². The predicted molar refractivity (Wildman–Crippen MR) is 71.6 cm³/mol. The van der Waals surface area contributed by atoms with E-state index in [9.17, 15) is 0 Å². The molecule has 0 aromatic heterocycles. The van der Waals surface area contributed by atoms with Crippen LogP contribution in [0.15, 0.2) is 16.6 Å². The molecule has 17 heavy (non-hydrogen) atoms. The fraction of sp³-hybridized carbons (Fsp3) is 0.538. The van der Waals surface area contributed by atoms with E-state index in [1.165, 1.54) is 0 Å². The maximum Gasteiger partial charge on any atom is 0.175 e. The first kappa shape index (κ1) is 14.3. The Balaban J connectivity index is 3.04. The van der Waals surface area contributed by atoms with E-state index in [0.29, 0.717) is 11.5 Å². The number of methoxy groups -OCH3 is 1. The van der Waals surface area contributed by atoms with Crippen LogP contribution in [0.5, 0.6) is 11.5 Å². The zero-order chi connectivity index (χ0) is 12.8. The van der Waals surface area contributed by atoms with Gasteiger partial charge in [0.2, 0.25) is 0 Å². The zero-order valence-corrected chi connectivity index (χ0v) is 12.1. The van der Waals surface area contributed by atoms with Gasteiger partial charge in [-0.3, -0.25) is 0 Å². The summed E-state index contributed by atoms with van der Waals surface area (Å²) in [7, 11) is 1.60. The SMILES string of the molecule is CCC(CC)Oc1c(Br)cc(CO)cc1OC. The summed E-state index contributed by atoms with van der Waals surface area (Å²) in [5.41, 5.74) is 0.797. The molecule has 4 heteroatoms. The first-order valence-corrected chi connectivity index (χ1v) is 6.59. The Morgan fingerprint density at radius 2 is 1.94 bits per heavy atom. The quantitative estimate of drug-likeness (QED) is 0.874. The van der Waals surface area contributed by atoms with Crippen molar-refractivity contribution in [2.45, 2.75) is 39.4 Å². The van der Waals surface area contributed by atoms with Gasteiger partial charge in [-0.25, -0.2) is 0 Å². The molecule has 0 aliphatic rings. The highest BCUT2D eigenvalue weighted by molar-refractivity contribution is 9.10. The molecular formula is C13H19BrO3. The first-order valence-electron chi connectivity index (χ1n) is 5.80. The van der Waals surface area contributed by atoms with Gasteiger partial charge in [0, 0.05) is 0 Å². The van der Waals surface area contributed by atoms with Crippen molar-refractivity contribution in [2.75, 3.05) is 7.11 Å². The largest absolute Gasteiger partial charge is 0.493 e. The molecule has 0 radical (unpaired) electrons. The van der Waals surface area contributed by atoms with Crippen molar-refractivity contribution in [3.05, 3.63) is 22.2 Å². The van der Waals surface area contributed by atoms with Crippen LogP contribution in [-0.2, 0) is 6.61 Å². The van der Waals surface area contributed by atoms with E-state index in [1.807, 2.05) is 6.07 Å². The van der Waals surface area contributed by atoms with Gasteiger partial charge in [0.05, 0.1) is 24.3 Å². The summed E-state index contributed by atoms with van der Waals surface area (Å²) in [4.78, 5) is 0. The van der Waals surface area contributed by atoms with Gasteiger partial charge < -0.3 is 14.6 Å². The number of ether oxygens (including phenoxy) is 2. The average molecular weight is 303 g/mol. The van der Waals surface area contributed by atoms with Gasteiger partial charge in [-0.15, -0.1) is 0 Å². The molecule has 1 rings (SSSR count). The highest BCUT2D eigenvalue weighted by Crippen LogP contribution is 2.37. The molecule has 96 valence electrons. The van der Waals surface area contributed by atoms with Crippen LogP contribution < -0.4 is 9.47 Å². The van der Waals surface area contributed by atoms with Gasteiger partial charge in [-0.2, -0.15) is 0 Å². The van der Waals surface area contributed by atoms with Crippen LogP contribution in [0.4, 0.5) is 0 Å². The lowest BCUT2D eigenvalue weighted by molar-refractivity contribution is 0.183. The molecule has 0 aliphatic heterocycles. The lowest BCUT2D eigenvalue weighted by Gasteiger charge is -2.19. The molecule has 0 saturated carbocycles. The summed E-state index contributed by atoms with van der Waals surface area (Å²) < 4.78 is 12.0. The van der Waals surface area contributed by atoms with E-state index in [1.54, 1.807) is 13.2 Å². The standard InChI is InChI=1S/C13H19BrO3/c1-4-10(5-2)17-13-11(14)6-9(8-15)7-12(13)16-3/h6-7,10,15H,4-5,8H2,1-3H3. The second-order valence-electron chi connectivity index (χ2n) is 3.82. The first-order chi connectivity index (χ1) is 8.15. The van der Waals surface area contributed by atoms with Crippen LogP contribution in [0, 0.1) is 0 Å². The molecule has 0 spiro atoms. The van der Waals surface area contributed by atoms with Crippen LogP contribution in [-0.4, -0.2) is 18.3 Å². The minimum atomic E-state index is -0.0137. The third-order valence-electron chi connectivity index (χ3n) is 2.67. The second kappa shape index (κ2) is 6.87. The normalized spacial score (nSPS) is 10.7. The molecule has 0 fully saturated rings. The van der Waals surface area contributed by atoms with Crippen LogP contribution in [0.1, 0.15) is 32.3 Å². The molecule has 1 aromatic carbocycles. The number of hydrogen-bond donors (Lipinski definition) is 1. The predicted octanol–water partition coefficient (Wildman–Crippen LogP) is 3.52. The van der Waals surface area contributed by atoms with Gasteiger partial charge >= 0.3 is 0 Å². The number of benzene rings is 1. The Labute approximate surface area is 111 Å². The minimum absolute atomic E-state index is 0.0137. The smallest absolute Gasteiger partial charge is 0.175 e. The van der Waals surface area contributed by atoms with E-state index >= 15 is 0 Å². The molecule has 0 amide bonds. The van der Waals surface area contributed by atoms with Crippen molar-refractivity contribution in [3.8, 4) is 11.5 Å². The monoisotopic (exact) mass is 302 g/mol. The molecule has 0 saturated heterocycles. The molecule has 1 aromatic rings. The molecule has 0 atom stereocenters. The zero-order valence-electron chi connectivity index (χ0n) is 10.5. The number of rotatable bonds is 6. The molecule has 1 N–H and O–H groups in total. The summed E-state index contributed by atoms with van der Waals surface area (Å²) in [5, 5.41) is 9.13. The molecule has 0 bridgehead atoms. The fourth-order valence-electron chi connectivity index (χ4n) is 1.60. The van der Waals surface area contributed by atoms with Gasteiger partial charge in [-0.1, -0.05) is 13.8 Å². The van der Waals surface area contributed by atoms with Gasteiger partial charge in [0.15, 0.2) is 11.5 Å². The highest BCUT2D eigenvalue weighted by Gasteiger charge is 2.15. The number of aliphatic hydroxyl groups excluding tert-OH is 1. The van der Waals surface area contributed by atoms with Crippen molar-refractivity contribution in [3.63, 3.8) is 0 Å². The lowest BCUT2D eigenvalue weighted by Crippen LogP contribution is -2.14. The third-order valence-corrected chi connectivity index (χ3v) is 3.26. The maximum absolute atomic E-state index is 9.13. The van der Waals surface area contributed by atoms with E-state index < -0.39 is 0 Å². The Kier molecular flexibility index (Phi) is 5.78. The van der Waals surface area contributed by atoms with Crippen LogP contribution in [0.25, 0.3) is 0 Å². The summed E-state index contributed by atoms with van der Waals surface area (Å²) in [6.45, 7) is 4.17. The van der Waals surface area contributed by atoms with Gasteiger partial charge in [0.1, 0.15) is 0 Å². The van der Waals surface area contributed by atoms with Crippen LogP contribution in [0.2, 0.25) is 0 Å². The van der Waals surface area contributed by atoms with Crippen molar-refractivity contribution in [1.29, 1.82) is 0 Å². The highest BCUT2D eigenvalue weighted by atomic mass is 79.9. The Morgan fingerprint density at radius 3 is 2.41 bits per heavy atom. The van der Waals surface area contributed by atoms with Gasteiger partial charge in [0.25, 0.3) is 0 Å². The summed E-state index contributed by atoms with van der Waals surface area (Å²) in [5.74, 6) is 1.36. The Morgan fingerprint density at radius 1 is 1.29 bits per heavy atom. The number of aliphatic hydroxyl groups is 1.